The van der Waals surface area contributed by atoms with Crippen LogP contribution < -0.4 is 23.7 Å². The summed E-state index contributed by atoms with van der Waals surface area (Å²) in [7, 11) is 4.71. The number of carbonyl (C=O) groups excluding carboxylic acids is 1. The smallest absolute Gasteiger partial charge is 0.185 e. The molecule has 0 aromatic heterocycles. The van der Waals surface area contributed by atoms with Gasteiger partial charge in [0.25, 0.3) is 0 Å². The molecule has 0 aliphatic rings. The lowest BCUT2D eigenvalue weighted by atomic mass is 10.1. The second-order valence-corrected chi connectivity index (χ2v) is 7.01. The van der Waals surface area contributed by atoms with Crippen molar-refractivity contribution in [1.82, 2.24) is 0 Å². The van der Waals surface area contributed by atoms with Gasteiger partial charge < -0.3 is 23.7 Å². The Balaban J connectivity index is 1.76. The Morgan fingerprint density at radius 3 is 2.09 bits per heavy atom. The molecule has 6 nitrogen and oxygen atoms in total. The number of carbonyl (C=O) groups is 1. The van der Waals surface area contributed by atoms with E-state index in [1.165, 1.54) is 13.2 Å². The fraction of sp³-hybridized carbons (Fsp3) is 0.222. The third-order valence-electron chi connectivity index (χ3n) is 4.93. The Hall–Kier alpha value is -3.93. The molecule has 6 heteroatoms. The summed E-state index contributed by atoms with van der Waals surface area (Å²) in [5, 5.41) is 0. The van der Waals surface area contributed by atoms with Crippen molar-refractivity contribution in [3.05, 3.63) is 83.4 Å². The van der Waals surface area contributed by atoms with E-state index in [9.17, 15) is 4.79 Å². The minimum atomic E-state index is -0.143. The fourth-order valence-corrected chi connectivity index (χ4v) is 3.27. The highest BCUT2D eigenvalue weighted by molar-refractivity contribution is 6.07. The van der Waals surface area contributed by atoms with E-state index in [2.05, 4.69) is 0 Å². The lowest BCUT2D eigenvalue weighted by Gasteiger charge is -2.14. The van der Waals surface area contributed by atoms with E-state index < -0.39 is 0 Å². The third-order valence-corrected chi connectivity index (χ3v) is 4.93. The lowest BCUT2D eigenvalue weighted by molar-refractivity contribution is 0.104. The van der Waals surface area contributed by atoms with Crippen molar-refractivity contribution in [3.63, 3.8) is 0 Å². The van der Waals surface area contributed by atoms with Crippen LogP contribution in [0.15, 0.2) is 66.7 Å². The van der Waals surface area contributed by atoms with Crippen LogP contribution in [0, 0.1) is 0 Å². The van der Waals surface area contributed by atoms with Gasteiger partial charge in [-0.1, -0.05) is 24.3 Å². The Morgan fingerprint density at radius 1 is 0.758 bits per heavy atom. The van der Waals surface area contributed by atoms with E-state index in [0.29, 0.717) is 47.5 Å². The first-order valence-corrected chi connectivity index (χ1v) is 10.6. The molecule has 0 N–H and O–H groups in total. The Morgan fingerprint density at radius 2 is 1.42 bits per heavy atom. The average Bonchev–Trinajstić information content (AvgIpc) is 2.86. The van der Waals surface area contributed by atoms with Crippen LogP contribution in [0.2, 0.25) is 0 Å². The van der Waals surface area contributed by atoms with Gasteiger partial charge in [-0.2, -0.15) is 0 Å². The van der Waals surface area contributed by atoms with E-state index in [4.69, 9.17) is 23.7 Å². The molecule has 0 aliphatic carbocycles. The van der Waals surface area contributed by atoms with Crippen molar-refractivity contribution in [3.8, 4) is 28.7 Å². The van der Waals surface area contributed by atoms with Crippen LogP contribution in [0.5, 0.6) is 28.7 Å². The maximum Gasteiger partial charge on any atom is 0.185 e. The largest absolute Gasteiger partial charge is 0.496 e. The number of ether oxygens (including phenoxy) is 5. The molecule has 0 radical (unpaired) electrons. The van der Waals surface area contributed by atoms with Crippen molar-refractivity contribution in [2.24, 2.45) is 0 Å². The maximum atomic E-state index is 12.7. The van der Waals surface area contributed by atoms with Crippen LogP contribution >= 0.6 is 0 Å². The minimum Gasteiger partial charge on any atom is -0.496 e. The number of rotatable bonds is 11. The average molecular weight is 449 g/mol. The van der Waals surface area contributed by atoms with Gasteiger partial charge in [0.2, 0.25) is 0 Å². The van der Waals surface area contributed by atoms with Crippen LogP contribution in [-0.2, 0) is 6.61 Å². The van der Waals surface area contributed by atoms with Crippen molar-refractivity contribution in [2.75, 3.05) is 27.9 Å². The molecule has 3 aromatic rings. The van der Waals surface area contributed by atoms with Crippen molar-refractivity contribution >= 4 is 11.9 Å². The van der Waals surface area contributed by atoms with Crippen molar-refractivity contribution in [1.29, 1.82) is 0 Å². The maximum absolute atomic E-state index is 12.7. The van der Waals surface area contributed by atoms with Gasteiger partial charge in [0.05, 0.1) is 27.9 Å². The summed E-state index contributed by atoms with van der Waals surface area (Å²) in [5.41, 5.74) is 2.21. The zero-order valence-electron chi connectivity index (χ0n) is 19.3. The molecule has 0 heterocycles. The number of benzene rings is 3. The molecule has 172 valence electrons. The predicted octanol–water partition coefficient (Wildman–Crippen LogP) is 5.59. The summed E-state index contributed by atoms with van der Waals surface area (Å²) in [6.45, 7) is 2.77. The molecule has 0 spiro atoms. The molecule has 0 unspecified atom stereocenters. The third kappa shape index (κ3) is 6.07. The highest BCUT2D eigenvalue weighted by atomic mass is 16.5. The standard InChI is InChI=1S/C27H28O6/c1-5-32-25-8-6-7-9-26(25)33-18-21-16-19(11-14-23(21)29-2)10-13-22(28)20-12-15-24(30-3)27(17-20)31-4/h6-17H,5,18H2,1-4H3/b13-10+. The monoisotopic (exact) mass is 448 g/mol. The normalized spacial score (nSPS) is 10.7. The first-order valence-electron chi connectivity index (χ1n) is 10.6. The second-order valence-electron chi connectivity index (χ2n) is 7.01. The van der Waals surface area contributed by atoms with Gasteiger partial charge in [0, 0.05) is 11.1 Å². The van der Waals surface area contributed by atoms with Crippen molar-refractivity contribution < 1.29 is 28.5 Å². The van der Waals surface area contributed by atoms with Gasteiger partial charge in [0.1, 0.15) is 12.4 Å². The summed E-state index contributed by atoms with van der Waals surface area (Å²) in [4.78, 5) is 12.7. The molecule has 0 saturated carbocycles. The minimum absolute atomic E-state index is 0.143. The number of methoxy groups -OCH3 is 3. The van der Waals surface area contributed by atoms with E-state index >= 15 is 0 Å². The van der Waals surface area contributed by atoms with Gasteiger partial charge in [-0.05, 0) is 61.0 Å². The Labute approximate surface area is 194 Å². The van der Waals surface area contributed by atoms with Crippen molar-refractivity contribution in [2.45, 2.75) is 13.5 Å². The van der Waals surface area contributed by atoms with E-state index in [-0.39, 0.29) is 5.78 Å². The number of hydrogen-bond acceptors (Lipinski definition) is 6. The van der Waals surface area contributed by atoms with Crippen LogP contribution in [-0.4, -0.2) is 33.7 Å². The highest BCUT2D eigenvalue weighted by Gasteiger charge is 2.10. The predicted molar refractivity (Wildman–Crippen MR) is 128 cm³/mol. The summed E-state index contributed by atoms with van der Waals surface area (Å²) in [6.07, 6.45) is 3.29. The summed E-state index contributed by atoms with van der Waals surface area (Å²) < 4.78 is 27.6. The van der Waals surface area contributed by atoms with Crippen LogP contribution in [0.25, 0.3) is 6.08 Å². The Kier molecular flexibility index (Phi) is 8.36. The zero-order valence-corrected chi connectivity index (χ0v) is 19.3. The molecule has 0 aliphatic heterocycles. The second kappa shape index (κ2) is 11.6. The Bertz CT molecular complexity index is 1120. The summed E-state index contributed by atoms with van der Waals surface area (Å²) in [6, 6.07) is 18.3. The number of hydrogen-bond donors (Lipinski definition) is 0. The molecule has 0 bridgehead atoms. The van der Waals surface area contributed by atoms with Crippen LogP contribution in [0.4, 0.5) is 0 Å². The molecule has 33 heavy (non-hydrogen) atoms. The van der Waals surface area contributed by atoms with Crippen LogP contribution in [0.1, 0.15) is 28.4 Å². The van der Waals surface area contributed by atoms with Gasteiger partial charge in [0.15, 0.2) is 28.8 Å². The summed E-state index contributed by atoms with van der Waals surface area (Å²) >= 11 is 0. The summed E-state index contributed by atoms with van der Waals surface area (Å²) in [5.74, 6) is 2.99. The SMILES string of the molecule is CCOc1ccccc1OCc1cc(/C=C/C(=O)c2ccc(OC)c(OC)c2)ccc1OC. The molecule has 0 amide bonds. The number of para-hydroxylation sites is 2. The molecule has 3 aromatic carbocycles. The van der Waals surface area contributed by atoms with Gasteiger partial charge in [-0.3, -0.25) is 4.79 Å². The van der Waals surface area contributed by atoms with E-state index in [0.717, 1.165) is 11.1 Å². The fourth-order valence-electron chi connectivity index (χ4n) is 3.27. The van der Waals surface area contributed by atoms with Gasteiger partial charge >= 0.3 is 0 Å². The molecule has 0 fully saturated rings. The number of allylic oxidation sites excluding steroid dienone is 1. The first-order chi connectivity index (χ1) is 16.1. The molecular formula is C27H28O6. The van der Waals surface area contributed by atoms with Gasteiger partial charge in [-0.15, -0.1) is 0 Å². The molecular weight excluding hydrogens is 420 g/mol. The zero-order chi connectivity index (χ0) is 23.6. The topological polar surface area (TPSA) is 63.2 Å². The lowest BCUT2D eigenvalue weighted by Crippen LogP contribution is -2.01. The highest BCUT2D eigenvalue weighted by Crippen LogP contribution is 2.30. The van der Waals surface area contributed by atoms with E-state index in [1.807, 2.05) is 49.4 Å². The molecule has 3 rings (SSSR count). The van der Waals surface area contributed by atoms with Gasteiger partial charge in [-0.25, -0.2) is 0 Å². The molecule has 0 saturated heterocycles. The number of ketones is 1. The first kappa shape index (κ1) is 23.7. The quantitative estimate of drug-likeness (QED) is 0.282. The molecule has 0 atom stereocenters. The van der Waals surface area contributed by atoms with E-state index in [1.54, 1.807) is 38.5 Å². The van der Waals surface area contributed by atoms with Crippen LogP contribution in [0.3, 0.4) is 0 Å².